The molecule has 0 aliphatic carbocycles. The van der Waals surface area contributed by atoms with Gasteiger partial charge in [0.2, 0.25) is 5.91 Å². The monoisotopic (exact) mass is 432 g/mol. The van der Waals surface area contributed by atoms with Crippen molar-refractivity contribution in [2.24, 2.45) is 0 Å². The highest BCUT2D eigenvalue weighted by atomic mass is 35.5. The fourth-order valence-electron chi connectivity index (χ4n) is 3.45. The Morgan fingerprint density at radius 1 is 0.833 bits per heavy atom. The third-order valence-electron chi connectivity index (χ3n) is 5.11. The highest BCUT2D eigenvalue weighted by Gasteiger charge is 2.26. The van der Waals surface area contributed by atoms with E-state index in [0.717, 1.165) is 5.56 Å². The zero-order chi connectivity index (χ0) is 21.7. The van der Waals surface area contributed by atoms with Crippen molar-refractivity contribution < 1.29 is 23.8 Å². The van der Waals surface area contributed by atoms with Crippen LogP contribution in [0.3, 0.4) is 0 Å². The molecule has 160 valence electrons. The molecule has 0 bridgehead atoms. The van der Waals surface area contributed by atoms with Crippen LogP contribution in [0.15, 0.2) is 36.4 Å². The summed E-state index contributed by atoms with van der Waals surface area (Å²) in [5.41, 5.74) is 1.27. The lowest BCUT2D eigenvalue weighted by molar-refractivity contribution is -0.131. The fraction of sp³-hybridized carbons (Fsp3) is 0.364. The molecule has 8 heteroatoms. The molecule has 0 unspecified atom stereocenters. The van der Waals surface area contributed by atoms with Crippen LogP contribution in [0.5, 0.6) is 17.2 Å². The number of nitrogens with zero attached hydrogens (tertiary/aromatic N) is 2. The van der Waals surface area contributed by atoms with Crippen LogP contribution in [0.2, 0.25) is 5.02 Å². The Labute approximate surface area is 181 Å². The van der Waals surface area contributed by atoms with Crippen molar-refractivity contribution in [2.45, 2.75) is 6.42 Å². The second-order valence-corrected chi connectivity index (χ2v) is 7.32. The van der Waals surface area contributed by atoms with Crippen LogP contribution >= 0.6 is 11.6 Å². The van der Waals surface area contributed by atoms with Gasteiger partial charge in [-0.15, -0.1) is 0 Å². The van der Waals surface area contributed by atoms with Gasteiger partial charge in [-0.25, -0.2) is 0 Å². The van der Waals surface area contributed by atoms with Crippen molar-refractivity contribution in [1.82, 2.24) is 9.80 Å². The maximum Gasteiger partial charge on any atom is 0.257 e. The Balaban J connectivity index is 1.61. The SMILES string of the molecule is COc1ccc(CC(=O)N2CCN(C(=O)c3cc(Cl)ccc3OC)CC2)cc1OC. The summed E-state index contributed by atoms with van der Waals surface area (Å²) in [6.45, 7) is 1.85. The number of benzene rings is 2. The second-order valence-electron chi connectivity index (χ2n) is 6.88. The largest absolute Gasteiger partial charge is 0.496 e. The van der Waals surface area contributed by atoms with E-state index in [1.54, 1.807) is 48.3 Å². The molecule has 1 saturated heterocycles. The molecular formula is C22H25ClN2O5. The van der Waals surface area contributed by atoms with Gasteiger partial charge in [-0.2, -0.15) is 0 Å². The molecule has 2 amide bonds. The Hall–Kier alpha value is -2.93. The van der Waals surface area contributed by atoms with E-state index in [9.17, 15) is 9.59 Å². The maximum absolute atomic E-state index is 12.9. The highest BCUT2D eigenvalue weighted by Crippen LogP contribution is 2.28. The van der Waals surface area contributed by atoms with E-state index in [0.29, 0.717) is 54.0 Å². The quantitative estimate of drug-likeness (QED) is 0.702. The summed E-state index contributed by atoms with van der Waals surface area (Å²) in [7, 11) is 4.65. The van der Waals surface area contributed by atoms with Crippen molar-refractivity contribution in [3.05, 3.63) is 52.5 Å². The summed E-state index contributed by atoms with van der Waals surface area (Å²) in [5, 5.41) is 0.475. The first-order valence-corrected chi connectivity index (χ1v) is 9.96. The summed E-state index contributed by atoms with van der Waals surface area (Å²) in [5.74, 6) is 1.55. The minimum Gasteiger partial charge on any atom is -0.496 e. The molecule has 3 rings (SSSR count). The molecule has 0 saturated carbocycles. The molecule has 0 aromatic heterocycles. The summed E-state index contributed by atoms with van der Waals surface area (Å²) >= 11 is 6.04. The number of methoxy groups -OCH3 is 3. The van der Waals surface area contributed by atoms with Crippen LogP contribution in [0.4, 0.5) is 0 Å². The van der Waals surface area contributed by atoms with Crippen LogP contribution in [-0.2, 0) is 11.2 Å². The minimum atomic E-state index is -0.152. The van der Waals surface area contributed by atoms with Gasteiger partial charge in [-0.1, -0.05) is 17.7 Å². The van der Waals surface area contributed by atoms with E-state index in [4.69, 9.17) is 25.8 Å². The first-order valence-electron chi connectivity index (χ1n) is 9.58. The zero-order valence-corrected chi connectivity index (χ0v) is 18.1. The number of amides is 2. The number of piperazine rings is 1. The van der Waals surface area contributed by atoms with Gasteiger partial charge in [0.05, 0.1) is 33.3 Å². The van der Waals surface area contributed by atoms with Crippen LogP contribution in [-0.4, -0.2) is 69.1 Å². The van der Waals surface area contributed by atoms with E-state index in [1.165, 1.54) is 7.11 Å². The normalized spacial score (nSPS) is 13.7. The molecule has 2 aromatic rings. The summed E-state index contributed by atoms with van der Waals surface area (Å²) in [4.78, 5) is 29.1. The molecule has 0 radical (unpaired) electrons. The van der Waals surface area contributed by atoms with Crippen molar-refractivity contribution in [1.29, 1.82) is 0 Å². The first-order chi connectivity index (χ1) is 14.5. The van der Waals surface area contributed by atoms with Crippen LogP contribution in [0, 0.1) is 0 Å². The van der Waals surface area contributed by atoms with Crippen LogP contribution < -0.4 is 14.2 Å². The average molecular weight is 433 g/mol. The maximum atomic E-state index is 12.9. The van der Waals surface area contributed by atoms with E-state index in [-0.39, 0.29) is 18.2 Å². The van der Waals surface area contributed by atoms with Gasteiger partial charge in [-0.05, 0) is 35.9 Å². The number of hydrogen-bond donors (Lipinski definition) is 0. The third kappa shape index (κ3) is 4.79. The topological polar surface area (TPSA) is 68.3 Å². The Morgan fingerprint density at radius 3 is 2.07 bits per heavy atom. The van der Waals surface area contributed by atoms with Crippen molar-refractivity contribution in [3.63, 3.8) is 0 Å². The van der Waals surface area contributed by atoms with Gasteiger partial charge in [0.15, 0.2) is 11.5 Å². The zero-order valence-electron chi connectivity index (χ0n) is 17.3. The number of ether oxygens (including phenoxy) is 3. The third-order valence-corrected chi connectivity index (χ3v) is 5.35. The van der Waals surface area contributed by atoms with Gasteiger partial charge in [0.1, 0.15) is 5.75 Å². The van der Waals surface area contributed by atoms with Crippen LogP contribution in [0.1, 0.15) is 15.9 Å². The molecule has 0 atom stereocenters. The Bertz CT molecular complexity index is 926. The fourth-order valence-corrected chi connectivity index (χ4v) is 3.63. The van der Waals surface area contributed by atoms with Gasteiger partial charge in [0.25, 0.3) is 5.91 Å². The highest BCUT2D eigenvalue weighted by molar-refractivity contribution is 6.31. The number of halogens is 1. The Morgan fingerprint density at radius 2 is 1.43 bits per heavy atom. The van der Waals surface area contributed by atoms with Gasteiger partial charge in [-0.3, -0.25) is 9.59 Å². The molecule has 0 N–H and O–H groups in total. The smallest absolute Gasteiger partial charge is 0.257 e. The van der Waals surface area contributed by atoms with Crippen LogP contribution in [0.25, 0.3) is 0 Å². The lowest BCUT2D eigenvalue weighted by Crippen LogP contribution is -2.51. The molecule has 0 spiro atoms. The number of rotatable bonds is 6. The number of hydrogen-bond acceptors (Lipinski definition) is 5. The summed E-state index contributed by atoms with van der Waals surface area (Å²) < 4.78 is 15.8. The lowest BCUT2D eigenvalue weighted by Gasteiger charge is -2.35. The van der Waals surface area contributed by atoms with Crippen molar-refractivity contribution in [3.8, 4) is 17.2 Å². The molecule has 1 fully saturated rings. The van der Waals surface area contributed by atoms with Crippen molar-refractivity contribution >= 4 is 23.4 Å². The first kappa shape index (κ1) is 21.8. The molecular weight excluding hydrogens is 408 g/mol. The van der Waals surface area contributed by atoms with E-state index in [2.05, 4.69) is 0 Å². The molecule has 30 heavy (non-hydrogen) atoms. The molecule has 2 aromatic carbocycles. The predicted octanol–water partition coefficient (Wildman–Crippen LogP) is 2.89. The second kappa shape index (κ2) is 9.71. The molecule has 1 aliphatic rings. The Kier molecular flexibility index (Phi) is 7.05. The van der Waals surface area contributed by atoms with Crippen molar-refractivity contribution in [2.75, 3.05) is 47.5 Å². The van der Waals surface area contributed by atoms with Gasteiger partial charge in [0, 0.05) is 31.2 Å². The average Bonchev–Trinajstić information content (AvgIpc) is 2.78. The molecule has 1 aliphatic heterocycles. The summed E-state index contributed by atoms with van der Waals surface area (Å²) in [6, 6.07) is 10.4. The number of carbonyl (C=O) groups excluding carboxylic acids is 2. The van der Waals surface area contributed by atoms with E-state index in [1.807, 2.05) is 12.1 Å². The standard InChI is InChI=1S/C22H25ClN2O5/c1-28-18-7-5-16(23)14-17(18)22(27)25-10-8-24(9-11-25)21(26)13-15-4-6-19(29-2)20(12-15)30-3/h4-7,12,14H,8-11,13H2,1-3H3. The number of carbonyl (C=O) groups is 2. The van der Waals surface area contributed by atoms with E-state index < -0.39 is 0 Å². The van der Waals surface area contributed by atoms with E-state index >= 15 is 0 Å². The minimum absolute atomic E-state index is 0.00894. The molecule has 7 nitrogen and oxygen atoms in total. The van der Waals surface area contributed by atoms with Gasteiger partial charge < -0.3 is 24.0 Å². The summed E-state index contributed by atoms with van der Waals surface area (Å²) in [6.07, 6.45) is 0.260. The molecule has 1 heterocycles. The predicted molar refractivity (Wildman–Crippen MR) is 114 cm³/mol. The van der Waals surface area contributed by atoms with Gasteiger partial charge >= 0.3 is 0 Å². The lowest BCUT2D eigenvalue weighted by atomic mass is 10.1.